The van der Waals surface area contributed by atoms with Gasteiger partial charge in [0.25, 0.3) is 11.9 Å². The molecule has 0 spiro atoms. The number of ether oxygens (including phenoxy) is 1. The van der Waals surface area contributed by atoms with Crippen molar-refractivity contribution in [2.45, 2.75) is 20.4 Å². The van der Waals surface area contributed by atoms with Crippen LogP contribution in [0.2, 0.25) is 0 Å². The minimum Gasteiger partial charge on any atom is -0.426 e. The van der Waals surface area contributed by atoms with Crippen molar-refractivity contribution in [2.75, 3.05) is 5.32 Å². The summed E-state index contributed by atoms with van der Waals surface area (Å²) in [6.45, 7) is 4.71. The Bertz CT molecular complexity index is 803. The number of anilines is 1. The largest absolute Gasteiger partial charge is 0.426 e. The number of rotatable bonds is 5. The zero-order valence-electron chi connectivity index (χ0n) is 12.9. The third-order valence-electron chi connectivity index (χ3n) is 3.26. The number of aromatic nitrogens is 2. The standard InChI is InChI=1S/C17H17N3O3/c1-3-20-11-13(10-18-20)19-17(21)15-8-9-16(23-15)22-14-6-4-12(2)5-7-14/h4-11H,3H2,1-2H3,(H,19,21). The third-order valence-corrected chi connectivity index (χ3v) is 3.26. The first-order valence-corrected chi connectivity index (χ1v) is 7.32. The smallest absolute Gasteiger partial charge is 0.291 e. The van der Waals surface area contributed by atoms with Gasteiger partial charge in [-0.3, -0.25) is 9.48 Å². The molecule has 0 saturated heterocycles. The Labute approximate surface area is 133 Å². The fourth-order valence-electron chi connectivity index (χ4n) is 2.01. The first-order valence-electron chi connectivity index (χ1n) is 7.32. The summed E-state index contributed by atoms with van der Waals surface area (Å²) < 4.78 is 12.7. The highest BCUT2D eigenvalue weighted by Crippen LogP contribution is 2.24. The molecule has 1 amide bonds. The summed E-state index contributed by atoms with van der Waals surface area (Å²) in [5.74, 6) is 0.750. The summed E-state index contributed by atoms with van der Waals surface area (Å²) in [7, 11) is 0. The van der Waals surface area contributed by atoms with Crippen LogP contribution >= 0.6 is 0 Å². The molecular formula is C17H17N3O3. The van der Waals surface area contributed by atoms with E-state index in [0.29, 0.717) is 11.4 Å². The molecule has 0 aliphatic rings. The van der Waals surface area contributed by atoms with Crippen molar-refractivity contribution in [1.29, 1.82) is 0 Å². The monoisotopic (exact) mass is 311 g/mol. The molecule has 3 rings (SSSR count). The van der Waals surface area contributed by atoms with Gasteiger partial charge in [-0.05, 0) is 32.0 Å². The number of carbonyl (C=O) groups excluding carboxylic acids is 1. The van der Waals surface area contributed by atoms with Crippen molar-refractivity contribution in [3.63, 3.8) is 0 Å². The van der Waals surface area contributed by atoms with Gasteiger partial charge in [0, 0.05) is 18.8 Å². The van der Waals surface area contributed by atoms with Crippen LogP contribution < -0.4 is 10.1 Å². The molecule has 0 atom stereocenters. The van der Waals surface area contributed by atoms with Gasteiger partial charge < -0.3 is 14.5 Å². The Hall–Kier alpha value is -3.02. The Kier molecular flexibility index (Phi) is 4.14. The number of nitrogens with one attached hydrogen (secondary N) is 1. The number of amides is 1. The molecule has 118 valence electrons. The molecule has 1 N–H and O–H groups in total. The summed E-state index contributed by atoms with van der Waals surface area (Å²) >= 11 is 0. The van der Waals surface area contributed by atoms with Gasteiger partial charge in [-0.1, -0.05) is 17.7 Å². The Morgan fingerprint density at radius 2 is 2.04 bits per heavy atom. The first kappa shape index (κ1) is 14.9. The summed E-state index contributed by atoms with van der Waals surface area (Å²) in [6, 6.07) is 10.8. The molecule has 6 nitrogen and oxygen atoms in total. The quantitative estimate of drug-likeness (QED) is 0.777. The highest BCUT2D eigenvalue weighted by Gasteiger charge is 2.13. The van der Waals surface area contributed by atoms with Crippen molar-refractivity contribution in [2.24, 2.45) is 0 Å². The van der Waals surface area contributed by atoms with Gasteiger partial charge in [-0.15, -0.1) is 0 Å². The molecule has 0 radical (unpaired) electrons. The lowest BCUT2D eigenvalue weighted by Crippen LogP contribution is -2.10. The van der Waals surface area contributed by atoms with Crippen LogP contribution in [0.15, 0.2) is 53.2 Å². The fourth-order valence-corrected chi connectivity index (χ4v) is 2.01. The molecule has 2 aromatic heterocycles. The summed E-state index contributed by atoms with van der Waals surface area (Å²) in [5, 5.41) is 6.82. The van der Waals surface area contributed by atoms with E-state index < -0.39 is 0 Å². The molecule has 3 aromatic rings. The Morgan fingerprint density at radius 1 is 1.26 bits per heavy atom. The average molecular weight is 311 g/mol. The van der Waals surface area contributed by atoms with Crippen molar-refractivity contribution >= 4 is 11.6 Å². The number of carbonyl (C=O) groups is 1. The summed E-state index contributed by atoms with van der Waals surface area (Å²) in [4.78, 5) is 12.1. The predicted molar refractivity (Wildman–Crippen MR) is 85.8 cm³/mol. The van der Waals surface area contributed by atoms with Crippen LogP contribution in [0.3, 0.4) is 0 Å². The van der Waals surface area contributed by atoms with E-state index in [4.69, 9.17) is 9.15 Å². The molecule has 0 saturated carbocycles. The molecule has 2 heterocycles. The van der Waals surface area contributed by atoms with E-state index >= 15 is 0 Å². The van der Waals surface area contributed by atoms with E-state index in [-0.39, 0.29) is 17.6 Å². The van der Waals surface area contributed by atoms with Gasteiger partial charge in [-0.25, -0.2) is 0 Å². The molecular weight excluding hydrogens is 294 g/mol. The molecule has 0 aliphatic heterocycles. The first-order chi connectivity index (χ1) is 11.1. The van der Waals surface area contributed by atoms with Crippen molar-refractivity contribution < 1.29 is 13.9 Å². The molecule has 23 heavy (non-hydrogen) atoms. The molecule has 0 bridgehead atoms. The predicted octanol–water partition coefficient (Wildman–Crippen LogP) is 3.85. The topological polar surface area (TPSA) is 69.3 Å². The lowest BCUT2D eigenvalue weighted by molar-refractivity contribution is 0.0992. The highest BCUT2D eigenvalue weighted by molar-refractivity contribution is 6.02. The van der Waals surface area contributed by atoms with Gasteiger partial charge >= 0.3 is 0 Å². The second kappa shape index (κ2) is 6.39. The van der Waals surface area contributed by atoms with Crippen molar-refractivity contribution in [1.82, 2.24) is 9.78 Å². The maximum Gasteiger partial charge on any atom is 0.291 e. The molecule has 1 aromatic carbocycles. The Balaban J connectivity index is 1.66. The van der Waals surface area contributed by atoms with Gasteiger partial charge in [0.2, 0.25) is 0 Å². The van der Waals surface area contributed by atoms with Crippen LogP contribution in [-0.2, 0) is 6.54 Å². The maximum absolute atomic E-state index is 12.1. The minimum atomic E-state index is -0.348. The molecule has 0 unspecified atom stereocenters. The SMILES string of the molecule is CCn1cc(NC(=O)c2ccc(Oc3ccc(C)cc3)o2)cn1. The van der Waals surface area contributed by atoms with Crippen LogP contribution in [0, 0.1) is 6.92 Å². The number of hydrogen-bond acceptors (Lipinski definition) is 4. The number of nitrogens with zero attached hydrogens (tertiary/aromatic N) is 2. The second-order valence-corrected chi connectivity index (χ2v) is 5.07. The van der Waals surface area contributed by atoms with E-state index in [1.165, 1.54) is 0 Å². The van der Waals surface area contributed by atoms with Crippen LogP contribution in [0.25, 0.3) is 0 Å². The highest BCUT2D eigenvalue weighted by atomic mass is 16.6. The number of hydrogen-bond donors (Lipinski definition) is 1. The van der Waals surface area contributed by atoms with E-state index in [9.17, 15) is 4.79 Å². The maximum atomic E-state index is 12.1. The summed E-state index contributed by atoms with van der Waals surface area (Å²) in [5.41, 5.74) is 1.76. The van der Waals surface area contributed by atoms with E-state index in [2.05, 4.69) is 10.4 Å². The van der Waals surface area contributed by atoms with E-state index in [1.807, 2.05) is 38.1 Å². The van der Waals surface area contributed by atoms with Crippen LogP contribution in [0.4, 0.5) is 5.69 Å². The van der Waals surface area contributed by atoms with Crippen LogP contribution in [0.1, 0.15) is 23.0 Å². The zero-order valence-corrected chi connectivity index (χ0v) is 12.9. The summed E-state index contributed by atoms with van der Waals surface area (Å²) in [6.07, 6.45) is 3.35. The van der Waals surface area contributed by atoms with Gasteiger partial charge in [0.15, 0.2) is 5.76 Å². The molecule has 0 aliphatic carbocycles. The van der Waals surface area contributed by atoms with Crippen molar-refractivity contribution in [3.8, 4) is 11.7 Å². The molecule has 0 fully saturated rings. The van der Waals surface area contributed by atoms with Gasteiger partial charge in [-0.2, -0.15) is 5.10 Å². The number of aryl methyl sites for hydroxylation is 2. The van der Waals surface area contributed by atoms with Gasteiger partial charge in [0.1, 0.15) is 5.75 Å². The minimum absolute atomic E-state index is 0.177. The van der Waals surface area contributed by atoms with Crippen LogP contribution in [0.5, 0.6) is 11.7 Å². The second-order valence-electron chi connectivity index (χ2n) is 5.07. The number of furan rings is 1. The Morgan fingerprint density at radius 3 is 2.74 bits per heavy atom. The normalized spacial score (nSPS) is 10.5. The fraction of sp³-hybridized carbons (Fsp3) is 0.176. The lowest BCUT2D eigenvalue weighted by Gasteiger charge is -2.02. The molecule has 6 heteroatoms. The van der Waals surface area contributed by atoms with Crippen molar-refractivity contribution in [3.05, 3.63) is 60.1 Å². The van der Waals surface area contributed by atoms with E-state index in [1.54, 1.807) is 29.2 Å². The zero-order chi connectivity index (χ0) is 16.2. The van der Waals surface area contributed by atoms with Gasteiger partial charge in [0.05, 0.1) is 11.9 Å². The lowest BCUT2D eigenvalue weighted by atomic mass is 10.2. The van der Waals surface area contributed by atoms with Crippen LogP contribution in [-0.4, -0.2) is 15.7 Å². The third kappa shape index (κ3) is 3.60. The number of benzene rings is 1. The average Bonchev–Trinajstić information content (AvgIpc) is 3.19. The van der Waals surface area contributed by atoms with E-state index in [0.717, 1.165) is 12.1 Å².